The maximum Gasteiger partial charge on any atom is 0.238 e. The number of fused-ring (bicyclic) bond motifs is 1. The number of carbonyl (C=O) groups excluding carboxylic acids is 1. The number of hydrogen-bond donors (Lipinski definition) is 1. The normalized spacial score (nSPS) is 17.6. The number of phenolic OH excluding ortho intramolecular Hbond substituents is 1. The molecule has 0 bridgehead atoms. The average Bonchev–Trinajstić information content (AvgIpc) is 2.97. The molecule has 1 saturated heterocycles. The van der Waals surface area contributed by atoms with Crippen molar-refractivity contribution in [2.24, 2.45) is 0 Å². The number of rotatable bonds is 2. The number of nitrogens with zero attached hydrogens (tertiary/aromatic N) is 2. The fourth-order valence-electron chi connectivity index (χ4n) is 2.81. The summed E-state index contributed by atoms with van der Waals surface area (Å²) in [5.41, 5.74) is 2.21. The van der Waals surface area contributed by atoms with Crippen LogP contribution in [0.15, 0.2) is 54.6 Å². The van der Waals surface area contributed by atoms with E-state index in [0.29, 0.717) is 11.3 Å². The van der Waals surface area contributed by atoms with Crippen molar-refractivity contribution in [3.63, 3.8) is 0 Å². The van der Waals surface area contributed by atoms with Gasteiger partial charge in [0.2, 0.25) is 5.91 Å². The summed E-state index contributed by atoms with van der Waals surface area (Å²) in [5, 5.41) is 10.8. The molecule has 0 aliphatic carbocycles. The summed E-state index contributed by atoms with van der Waals surface area (Å²) in [6.45, 7) is 0. The molecule has 4 rings (SSSR count). The lowest BCUT2D eigenvalue weighted by molar-refractivity contribution is -0.115. The Hall–Kier alpha value is -1.80. The van der Waals surface area contributed by atoms with Crippen LogP contribution in [-0.2, 0) is 4.79 Å². The van der Waals surface area contributed by atoms with Gasteiger partial charge < -0.3 is 5.11 Å². The number of carbonyl (C=O) groups is 1. The predicted molar refractivity (Wildman–Crippen MR) is 105 cm³/mol. The Labute approximate surface area is 157 Å². The van der Waals surface area contributed by atoms with E-state index < -0.39 is 0 Å². The monoisotopic (exact) mass is 448 g/mol. The molecule has 1 atom stereocenters. The molecule has 1 fully saturated rings. The molecule has 24 heavy (non-hydrogen) atoms. The Morgan fingerprint density at radius 2 is 1.92 bits per heavy atom. The van der Waals surface area contributed by atoms with Crippen molar-refractivity contribution in [2.45, 2.75) is 5.37 Å². The topological polar surface area (TPSA) is 53.4 Å². The van der Waals surface area contributed by atoms with E-state index in [-0.39, 0.29) is 17.0 Å². The summed E-state index contributed by atoms with van der Waals surface area (Å²) in [6, 6.07) is 17.1. The second-order valence-electron chi connectivity index (χ2n) is 5.49. The number of thioether (sulfide) groups is 1. The lowest BCUT2D eigenvalue weighted by Gasteiger charge is -2.24. The van der Waals surface area contributed by atoms with Gasteiger partial charge in [0.25, 0.3) is 0 Å². The molecule has 0 radical (unpaired) electrons. The minimum absolute atomic E-state index is 0.0744. The molecule has 4 nitrogen and oxygen atoms in total. The minimum atomic E-state index is -0.179. The van der Waals surface area contributed by atoms with E-state index >= 15 is 0 Å². The van der Waals surface area contributed by atoms with Gasteiger partial charge in [-0.25, -0.2) is 4.98 Å². The molecule has 2 aromatic carbocycles. The molecule has 6 heteroatoms. The zero-order valence-electron chi connectivity index (χ0n) is 12.5. The lowest BCUT2D eigenvalue weighted by atomic mass is 10.2. The molecule has 120 valence electrons. The van der Waals surface area contributed by atoms with Gasteiger partial charge in [-0.05, 0) is 59.0 Å². The van der Waals surface area contributed by atoms with Gasteiger partial charge in [0.1, 0.15) is 16.6 Å². The molecule has 0 saturated carbocycles. The van der Waals surface area contributed by atoms with Gasteiger partial charge >= 0.3 is 0 Å². The van der Waals surface area contributed by atoms with Crippen LogP contribution in [-0.4, -0.2) is 21.8 Å². The third-order valence-electron chi connectivity index (χ3n) is 3.95. The fraction of sp³-hybridized carbons (Fsp3) is 0.111. The number of pyridine rings is 1. The van der Waals surface area contributed by atoms with Gasteiger partial charge in [-0.3, -0.25) is 9.69 Å². The Morgan fingerprint density at radius 1 is 1.12 bits per heavy atom. The Balaban J connectivity index is 1.78. The van der Waals surface area contributed by atoms with Gasteiger partial charge in [0, 0.05) is 14.6 Å². The van der Waals surface area contributed by atoms with Crippen LogP contribution in [0.4, 0.5) is 5.69 Å². The highest BCUT2D eigenvalue weighted by Gasteiger charge is 2.35. The van der Waals surface area contributed by atoms with Gasteiger partial charge in [-0.2, -0.15) is 0 Å². The molecule has 1 N–H and O–H groups in total. The first-order valence-electron chi connectivity index (χ1n) is 7.41. The SMILES string of the molecule is O=C1CSC(c2ccc3cccc(O)c3n2)N1c1ccc(I)cc1. The third kappa shape index (κ3) is 2.73. The maximum atomic E-state index is 12.4. The number of aromatic nitrogens is 1. The van der Waals surface area contributed by atoms with Crippen LogP contribution in [0.5, 0.6) is 5.75 Å². The van der Waals surface area contributed by atoms with Crippen LogP contribution in [0.25, 0.3) is 10.9 Å². The van der Waals surface area contributed by atoms with Crippen LogP contribution in [0.2, 0.25) is 0 Å². The molecule has 1 aromatic heterocycles. The quantitative estimate of drug-likeness (QED) is 0.594. The maximum absolute atomic E-state index is 12.4. The van der Waals surface area contributed by atoms with Gasteiger partial charge in [0.15, 0.2) is 0 Å². The minimum Gasteiger partial charge on any atom is -0.506 e. The summed E-state index contributed by atoms with van der Waals surface area (Å²) in [4.78, 5) is 18.8. The van der Waals surface area contributed by atoms with Crippen molar-refractivity contribution >= 4 is 56.9 Å². The number of phenols is 1. The van der Waals surface area contributed by atoms with Crippen molar-refractivity contribution in [1.29, 1.82) is 0 Å². The van der Waals surface area contributed by atoms with Crippen LogP contribution in [0, 0.1) is 3.57 Å². The van der Waals surface area contributed by atoms with E-state index in [0.717, 1.165) is 20.3 Å². The van der Waals surface area contributed by atoms with Crippen molar-refractivity contribution in [3.05, 3.63) is 63.9 Å². The van der Waals surface area contributed by atoms with E-state index in [1.165, 1.54) is 0 Å². The number of amides is 1. The number of aromatic hydroxyl groups is 1. The molecule has 2 heterocycles. The zero-order valence-corrected chi connectivity index (χ0v) is 15.5. The van der Waals surface area contributed by atoms with Crippen LogP contribution < -0.4 is 4.90 Å². The lowest BCUT2D eigenvalue weighted by Crippen LogP contribution is -2.28. The summed E-state index contributed by atoms with van der Waals surface area (Å²) in [5.74, 6) is 0.659. The molecule has 3 aromatic rings. The van der Waals surface area contributed by atoms with Crippen molar-refractivity contribution in [1.82, 2.24) is 4.98 Å². The zero-order chi connectivity index (χ0) is 16.7. The molecule has 1 amide bonds. The van der Waals surface area contributed by atoms with Crippen molar-refractivity contribution in [2.75, 3.05) is 10.7 Å². The number of anilines is 1. The average molecular weight is 448 g/mol. The summed E-state index contributed by atoms with van der Waals surface area (Å²) in [6.07, 6.45) is 0. The largest absolute Gasteiger partial charge is 0.506 e. The summed E-state index contributed by atoms with van der Waals surface area (Å²) >= 11 is 3.80. The van der Waals surface area contributed by atoms with Crippen molar-refractivity contribution in [3.8, 4) is 5.75 Å². The van der Waals surface area contributed by atoms with Crippen LogP contribution in [0.3, 0.4) is 0 Å². The van der Waals surface area contributed by atoms with Crippen molar-refractivity contribution < 1.29 is 9.90 Å². The molecule has 1 aliphatic rings. The van der Waals surface area contributed by atoms with E-state index in [1.807, 2.05) is 42.5 Å². The molecule has 1 unspecified atom stereocenters. The van der Waals surface area contributed by atoms with E-state index in [2.05, 4.69) is 27.6 Å². The van der Waals surface area contributed by atoms with Gasteiger partial charge in [-0.1, -0.05) is 18.2 Å². The Bertz CT molecular complexity index is 930. The summed E-state index contributed by atoms with van der Waals surface area (Å²) < 4.78 is 1.13. The highest BCUT2D eigenvalue weighted by Crippen LogP contribution is 2.41. The second-order valence-corrected chi connectivity index (χ2v) is 7.80. The standard InChI is InChI=1S/C18H13IN2O2S/c19-12-5-7-13(8-6-12)21-16(23)10-24-18(21)14-9-4-11-2-1-3-15(22)17(11)20-14/h1-9,18,22H,10H2. The number of benzene rings is 2. The number of halogens is 1. The first-order chi connectivity index (χ1) is 11.6. The van der Waals surface area contributed by atoms with Gasteiger partial charge in [-0.15, -0.1) is 11.8 Å². The van der Waals surface area contributed by atoms with E-state index in [4.69, 9.17) is 0 Å². The first-order valence-corrected chi connectivity index (χ1v) is 9.54. The fourth-order valence-corrected chi connectivity index (χ4v) is 4.30. The number of para-hydroxylation sites is 1. The smallest absolute Gasteiger partial charge is 0.238 e. The molecular formula is C18H13IN2O2S. The molecule has 0 spiro atoms. The van der Waals surface area contributed by atoms with E-state index in [1.54, 1.807) is 28.8 Å². The van der Waals surface area contributed by atoms with Crippen LogP contribution >= 0.6 is 34.4 Å². The predicted octanol–water partition coefficient (Wildman–Crippen LogP) is 4.32. The Kier molecular flexibility index (Phi) is 4.09. The molecular weight excluding hydrogens is 435 g/mol. The van der Waals surface area contributed by atoms with E-state index in [9.17, 15) is 9.90 Å². The highest BCUT2D eigenvalue weighted by atomic mass is 127. The Morgan fingerprint density at radius 3 is 2.71 bits per heavy atom. The van der Waals surface area contributed by atoms with Crippen LogP contribution in [0.1, 0.15) is 11.1 Å². The molecule has 1 aliphatic heterocycles. The summed E-state index contributed by atoms with van der Waals surface area (Å²) in [7, 11) is 0. The number of hydrogen-bond acceptors (Lipinski definition) is 4. The first kappa shape index (κ1) is 15.7. The highest BCUT2D eigenvalue weighted by molar-refractivity contribution is 14.1. The third-order valence-corrected chi connectivity index (χ3v) is 5.85. The van der Waals surface area contributed by atoms with Gasteiger partial charge in [0.05, 0.1) is 11.4 Å². The second kappa shape index (κ2) is 6.25.